The molecule has 7 nitrogen and oxygen atoms in total. The summed E-state index contributed by atoms with van der Waals surface area (Å²) in [6.07, 6.45) is -3.40. The van der Waals surface area contributed by atoms with E-state index in [1.165, 1.54) is 0 Å². The van der Waals surface area contributed by atoms with E-state index in [9.17, 15) is 21.6 Å². The van der Waals surface area contributed by atoms with Crippen molar-refractivity contribution in [2.75, 3.05) is 17.9 Å². The van der Waals surface area contributed by atoms with Crippen LogP contribution < -0.4 is 14.2 Å². The van der Waals surface area contributed by atoms with E-state index in [0.717, 1.165) is 18.3 Å². The molecule has 0 spiro atoms. The van der Waals surface area contributed by atoms with Crippen molar-refractivity contribution in [3.63, 3.8) is 0 Å². The molecule has 26 heavy (non-hydrogen) atoms. The third kappa shape index (κ3) is 4.75. The van der Waals surface area contributed by atoms with Gasteiger partial charge in [0, 0.05) is 0 Å². The predicted molar refractivity (Wildman–Crippen MR) is 86.6 cm³/mol. The van der Waals surface area contributed by atoms with Crippen molar-refractivity contribution in [1.82, 2.24) is 9.97 Å². The second kappa shape index (κ2) is 7.77. The molecule has 0 atom stereocenters. The molecule has 2 aromatic rings. The molecule has 0 aliphatic rings. The molecular formula is C15H16F3N3O4S. The van der Waals surface area contributed by atoms with Gasteiger partial charge in [0.2, 0.25) is 5.88 Å². The van der Waals surface area contributed by atoms with E-state index < -0.39 is 21.8 Å². The molecule has 11 heteroatoms. The lowest BCUT2D eigenvalue weighted by Gasteiger charge is -2.13. The van der Waals surface area contributed by atoms with E-state index >= 15 is 0 Å². The van der Waals surface area contributed by atoms with Crippen molar-refractivity contribution in [3.8, 4) is 11.9 Å². The average molecular weight is 391 g/mol. The van der Waals surface area contributed by atoms with Gasteiger partial charge in [0.05, 0.1) is 29.9 Å². The second-order valence-electron chi connectivity index (χ2n) is 4.87. The summed E-state index contributed by atoms with van der Waals surface area (Å²) in [4.78, 5) is 7.45. The molecule has 1 heterocycles. The highest BCUT2D eigenvalue weighted by molar-refractivity contribution is 7.92. The SMILES string of the molecule is CCOc1ncc(NS(=O)(=O)c2ccc(C(F)(F)F)cc2)c(OCC)n1. The van der Waals surface area contributed by atoms with Gasteiger partial charge in [-0.05, 0) is 38.1 Å². The third-order valence-corrected chi connectivity index (χ3v) is 4.40. The van der Waals surface area contributed by atoms with Crippen molar-refractivity contribution < 1.29 is 31.1 Å². The van der Waals surface area contributed by atoms with Gasteiger partial charge in [-0.3, -0.25) is 4.72 Å². The van der Waals surface area contributed by atoms with Gasteiger partial charge in [-0.15, -0.1) is 0 Å². The van der Waals surface area contributed by atoms with Crippen LogP contribution in [0, 0.1) is 0 Å². The minimum atomic E-state index is -4.55. The molecule has 1 N–H and O–H groups in total. The number of halogens is 3. The van der Waals surface area contributed by atoms with Crippen LogP contribution in [0.1, 0.15) is 19.4 Å². The Balaban J connectivity index is 2.31. The number of rotatable bonds is 7. The fraction of sp³-hybridized carbons (Fsp3) is 0.333. The first-order valence-electron chi connectivity index (χ1n) is 7.50. The van der Waals surface area contributed by atoms with E-state index in [1.807, 2.05) is 0 Å². The van der Waals surface area contributed by atoms with Crippen LogP contribution in [0.15, 0.2) is 35.4 Å². The molecule has 0 saturated carbocycles. The van der Waals surface area contributed by atoms with E-state index in [1.54, 1.807) is 13.8 Å². The summed E-state index contributed by atoms with van der Waals surface area (Å²) >= 11 is 0. The minimum absolute atomic E-state index is 0.00780. The zero-order valence-corrected chi connectivity index (χ0v) is 14.7. The maximum atomic E-state index is 12.6. The van der Waals surface area contributed by atoms with Crippen LogP contribution in [-0.2, 0) is 16.2 Å². The van der Waals surface area contributed by atoms with Crippen LogP contribution in [0.5, 0.6) is 11.9 Å². The minimum Gasteiger partial charge on any atom is -0.476 e. The topological polar surface area (TPSA) is 90.4 Å². The van der Waals surface area contributed by atoms with Crippen LogP contribution in [0.4, 0.5) is 18.9 Å². The Morgan fingerprint density at radius 1 is 1.08 bits per heavy atom. The molecule has 2 rings (SSSR count). The number of anilines is 1. The van der Waals surface area contributed by atoms with Gasteiger partial charge in [-0.1, -0.05) is 0 Å². The summed E-state index contributed by atoms with van der Waals surface area (Å²) in [5.74, 6) is -0.0542. The lowest BCUT2D eigenvalue weighted by molar-refractivity contribution is -0.137. The van der Waals surface area contributed by atoms with Crippen molar-refractivity contribution >= 4 is 15.7 Å². The maximum absolute atomic E-state index is 12.6. The quantitative estimate of drug-likeness (QED) is 0.780. The zero-order chi connectivity index (χ0) is 19.4. The van der Waals surface area contributed by atoms with E-state index in [-0.39, 0.29) is 29.1 Å². The van der Waals surface area contributed by atoms with Crippen LogP contribution in [0.2, 0.25) is 0 Å². The number of hydrogen-bond acceptors (Lipinski definition) is 6. The van der Waals surface area contributed by atoms with Gasteiger partial charge < -0.3 is 9.47 Å². The first kappa shape index (κ1) is 19.8. The third-order valence-electron chi connectivity index (χ3n) is 3.02. The van der Waals surface area contributed by atoms with Crippen molar-refractivity contribution in [2.45, 2.75) is 24.9 Å². The normalized spacial score (nSPS) is 11.9. The lowest BCUT2D eigenvalue weighted by atomic mass is 10.2. The Morgan fingerprint density at radius 3 is 2.23 bits per heavy atom. The van der Waals surface area contributed by atoms with Crippen LogP contribution in [0.25, 0.3) is 0 Å². The monoisotopic (exact) mass is 391 g/mol. The van der Waals surface area contributed by atoms with E-state index in [0.29, 0.717) is 18.7 Å². The van der Waals surface area contributed by atoms with Crippen molar-refractivity contribution in [1.29, 1.82) is 0 Å². The van der Waals surface area contributed by atoms with Gasteiger partial charge in [-0.25, -0.2) is 13.4 Å². The predicted octanol–water partition coefficient (Wildman–Crippen LogP) is 3.09. The summed E-state index contributed by atoms with van der Waals surface area (Å²) in [6, 6.07) is 3.11. The number of hydrogen-bond donors (Lipinski definition) is 1. The number of nitrogens with one attached hydrogen (secondary N) is 1. The summed E-state index contributed by atoms with van der Waals surface area (Å²) in [6.45, 7) is 3.92. The molecule has 0 unspecified atom stereocenters. The molecule has 0 fully saturated rings. The molecule has 0 aliphatic heterocycles. The molecule has 1 aromatic carbocycles. The fourth-order valence-electron chi connectivity index (χ4n) is 1.89. The lowest BCUT2D eigenvalue weighted by Crippen LogP contribution is -2.15. The smallest absolute Gasteiger partial charge is 0.416 e. The van der Waals surface area contributed by atoms with Gasteiger partial charge >= 0.3 is 12.2 Å². The summed E-state index contributed by atoms with van der Waals surface area (Å²) in [5, 5.41) is 0. The van der Waals surface area contributed by atoms with Gasteiger partial charge in [0.15, 0.2) is 0 Å². The number of sulfonamides is 1. The number of alkyl halides is 3. The highest BCUT2D eigenvalue weighted by Gasteiger charge is 2.30. The van der Waals surface area contributed by atoms with E-state index in [4.69, 9.17) is 9.47 Å². The Bertz CT molecular complexity index is 855. The summed E-state index contributed by atoms with van der Waals surface area (Å²) < 4.78 is 75.1. The molecular weight excluding hydrogens is 375 g/mol. The van der Waals surface area contributed by atoms with Gasteiger partial charge in [-0.2, -0.15) is 18.2 Å². The maximum Gasteiger partial charge on any atom is 0.416 e. The highest BCUT2D eigenvalue weighted by Crippen LogP contribution is 2.31. The molecule has 0 bridgehead atoms. The Labute approximate surface area is 148 Å². The van der Waals surface area contributed by atoms with Crippen LogP contribution >= 0.6 is 0 Å². The van der Waals surface area contributed by atoms with Crippen molar-refractivity contribution in [2.24, 2.45) is 0 Å². The Kier molecular flexibility index (Phi) is 5.90. The number of benzene rings is 1. The zero-order valence-electron chi connectivity index (χ0n) is 13.9. The number of ether oxygens (including phenoxy) is 2. The van der Waals surface area contributed by atoms with Crippen LogP contribution in [0.3, 0.4) is 0 Å². The average Bonchev–Trinajstić information content (AvgIpc) is 2.57. The van der Waals surface area contributed by atoms with Gasteiger partial charge in [0.25, 0.3) is 10.0 Å². The summed E-state index contributed by atoms with van der Waals surface area (Å²) in [7, 11) is -4.16. The summed E-state index contributed by atoms with van der Waals surface area (Å²) in [5.41, 5.74) is -1.01. The molecule has 0 radical (unpaired) electrons. The van der Waals surface area contributed by atoms with Crippen molar-refractivity contribution in [3.05, 3.63) is 36.0 Å². The Morgan fingerprint density at radius 2 is 1.69 bits per heavy atom. The molecule has 142 valence electrons. The molecule has 0 aliphatic carbocycles. The number of aromatic nitrogens is 2. The highest BCUT2D eigenvalue weighted by atomic mass is 32.2. The fourth-order valence-corrected chi connectivity index (χ4v) is 2.93. The van der Waals surface area contributed by atoms with Crippen LogP contribution in [-0.4, -0.2) is 31.6 Å². The first-order valence-corrected chi connectivity index (χ1v) is 8.98. The standard InChI is InChI=1S/C15H16F3N3O4S/c1-3-24-13-12(9-19-14(20-13)25-4-2)21-26(22,23)11-7-5-10(6-8-11)15(16,17)18/h5-9,21H,3-4H2,1-2H3. The first-order chi connectivity index (χ1) is 12.2. The molecule has 0 amide bonds. The van der Waals surface area contributed by atoms with E-state index in [2.05, 4.69) is 14.7 Å². The largest absolute Gasteiger partial charge is 0.476 e. The van der Waals surface area contributed by atoms with Gasteiger partial charge in [0.1, 0.15) is 5.69 Å². The number of nitrogens with zero attached hydrogens (tertiary/aromatic N) is 2. The second-order valence-corrected chi connectivity index (χ2v) is 6.55. The Hall–Kier alpha value is -2.56. The molecule has 1 aromatic heterocycles. The molecule has 0 saturated heterocycles.